The smallest absolute Gasteiger partial charge is 0.254 e. The van der Waals surface area contributed by atoms with Gasteiger partial charge < -0.3 is 19.5 Å². The lowest BCUT2D eigenvalue weighted by molar-refractivity contribution is -0.145. The summed E-state index contributed by atoms with van der Waals surface area (Å²) in [5, 5.41) is 20.7. The van der Waals surface area contributed by atoms with Crippen molar-refractivity contribution in [3.8, 4) is 0 Å². The molecule has 0 fully saturated rings. The highest BCUT2D eigenvalue weighted by atomic mass is 32.1. The van der Waals surface area contributed by atoms with Crippen LogP contribution in [0.2, 0.25) is 0 Å². The van der Waals surface area contributed by atoms with Crippen molar-refractivity contribution < 1.29 is 19.4 Å². The summed E-state index contributed by atoms with van der Waals surface area (Å²) in [5.41, 5.74) is 0.732. The Kier molecular flexibility index (Phi) is 4.42. The van der Waals surface area contributed by atoms with Crippen molar-refractivity contribution in [2.24, 2.45) is 0 Å². The fourth-order valence-electron chi connectivity index (χ4n) is 2.23. The molecule has 2 atom stereocenters. The lowest BCUT2D eigenvalue weighted by Gasteiger charge is -2.22. The maximum Gasteiger partial charge on any atom is 0.254 e. The molecule has 0 radical (unpaired) electrons. The second-order valence-corrected chi connectivity index (χ2v) is 6.25. The maximum absolute atomic E-state index is 12.3. The zero-order valence-electron chi connectivity index (χ0n) is 12.4. The number of amides is 1. The van der Waals surface area contributed by atoms with Crippen LogP contribution in [0.5, 0.6) is 0 Å². The molecule has 0 saturated carbocycles. The van der Waals surface area contributed by atoms with Gasteiger partial charge in [-0.15, -0.1) is 11.3 Å². The molecule has 120 valence electrons. The number of carbonyl (C=O) groups excluding carboxylic acids is 1. The van der Waals surface area contributed by atoms with Crippen molar-refractivity contribution in [1.29, 1.82) is 0 Å². The molecule has 6 nitrogen and oxygen atoms in total. The Morgan fingerprint density at radius 1 is 1.30 bits per heavy atom. The predicted molar refractivity (Wildman–Crippen MR) is 85.8 cm³/mol. The van der Waals surface area contributed by atoms with Gasteiger partial charge in [0.1, 0.15) is 16.9 Å². The number of fused-ring (bicyclic) bond motifs is 1. The number of hydrogen-bond acceptors (Lipinski definition) is 6. The quantitative estimate of drug-likeness (QED) is 0.746. The van der Waals surface area contributed by atoms with Crippen LogP contribution >= 0.6 is 11.3 Å². The second-order valence-electron chi connectivity index (χ2n) is 5.18. The fourth-order valence-corrected chi connectivity index (χ4v) is 3.21. The van der Waals surface area contributed by atoms with Crippen LogP contribution in [0.4, 0.5) is 0 Å². The molecule has 0 spiro atoms. The molecule has 2 N–H and O–H groups in total. The molecule has 0 aliphatic rings. The molecule has 1 amide bonds. The highest BCUT2D eigenvalue weighted by molar-refractivity contribution is 7.18. The third kappa shape index (κ3) is 3.26. The number of hydrogen-bond donors (Lipinski definition) is 2. The van der Waals surface area contributed by atoms with Crippen LogP contribution in [-0.2, 0) is 11.3 Å². The van der Waals surface area contributed by atoms with Crippen LogP contribution in [0, 0.1) is 0 Å². The van der Waals surface area contributed by atoms with E-state index in [0.717, 1.165) is 10.2 Å². The summed E-state index contributed by atoms with van der Waals surface area (Å²) in [7, 11) is 1.54. The molecular weight excluding hydrogens is 316 g/mol. The van der Waals surface area contributed by atoms with Crippen molar-refractivity contribution in [1.82, 2.24) is 9.88 Å². The summed E-state index contributed by atoms with van der Waals surface area (Å²) >= 11 is 1.26. The lowest BCUT2D eigenvalue weighted by Crippen LogP contribution is -2.39. The first kappa shape index (κ1) is 15.7. The van der Waals surface area contributed by atoms with Crippen LogP contribution in [0.3, 0.4) is 0 Å². The molecule has 2 unspecified atom stereocenters. The first-order valence-electron chi connectivity index (χ1n) is 7.05. The summed E-state index contributed by atoms with van der Waals surface area (Å²) in [4.78, 5) is 17.8. The van der Waals surface area contributed by atoms with Crippen molar-refractivity contribution in [2.45, 2.75) is 18.8 Å². The molecule has 0 bridgehead atoms. The summed E-state index contributed by atoms with van der Waals surface area (Å²) < 4.78 is 6.06. The van der Waals surface area contributed by atoms with Crippen molar-refractivity contribution in [3.63, 3.8) is 0 Å². The van der Waals surface area contributed by atoms with Crippen LogP contribution < -0.4 is 0 Å². The minimum absolute atomic E-state index is 0.218. The van der Waals surface area contributed by atoms with E-state index in [9.17, 15) is 15.0 Å². The molecule has 0 aliphatic carbocycles. The predicted octanol–water partition coefficient (Wildman–Crippen LogP) is 1.94. The Morgan fingerprint density at radius 2 is 2.09 bits per heavy atom. The standard InChI is InChI=1S/C16H16N2O4S/c1-18(9-10-5-4-8-22-10)16(21)14(20)13(19)15-17-11-6-2-3-7-12(11)23-15/h2-8,13-14,19-20H,9H2,1H3. The van der Waals surface area contributed by atoms with E-state index < -0.39 is 18.1 Å². The number of aliphatic hydroxyl groups excluding tert-OH is 2. The molecule has 1 aromatic carbocycles. The zero-order chi connectivity index (χ0) is 16.4. The normalized spacial score (nSPS) is 13.9. The molecule has 3 rings (SSSR count). The minimum Gasteiger partial charge on any atom is -0.467 e. The SMILES string of the molecule is CN(Cc1ccco1)C(=O)C(O)C(O)c1nc2ccccc2s1. The molecule has 2 aromatic heterocycles. The fraction of sp³-hybridized carbons (Fsp3) is 0.250. The molecule has 23 heavy (non-hydrogen) atoms. The van der Waals surface area contributed by atoms with Gasteiger partial charge in [-0.2, -0.15) is 0 Å². The van der Waals surface area contributed by atoms with Crippen LogP contribution in [0.1, 0.15) is 16.9 Å². The molecule has 3 aromatic rings. The van der Waals surface area contributed by atoms with E-state index in [1.54, 1.807) is 19.2 Å². The monoisotopic (exact) mass is 332 g/mol. The number of aliphatic hydroxyl groups is 2. The lowest BCUT2D eigenvalue weighted by atomic mass is 10.2. The Morgan fingerprint density at radius 3 is 2.78 bits per heavy atom. The number of benzene rings is 1. The van der Waals surface area contributed by atoms with Gasteiger partial charge in [0.15, 0.2) is 6.10 Å². The number of aromatic nitrogens is 1. The highest BCUT2D eigenvalue weighted by Crippen LogP contribution is 2.28. The van der Waals surface area contributed by atoms with Crippen LogP contribution in [0.15, 0.2) is 47.1 Å². The molecule has 7 heteroatoms. The van der Waals surface area contributed by atoms with E-state index in [-0.39, 0.29) is 6.54 Å². The van der Waals surface area contributed by atoms with E-state index in [4.69, 9.17) is 4.42 Å². The third-order valence-corrected chi connectivity index (χ3v) is 4.57. The molecule has 0 saturated heterocycles. The number of carbonyl (C=O) groups is 1. The summed E-state index contributed by atoms with van der Waals surface area (Å²) in [6.45, 7) is 0.218. The first-order valence-corrected chi connectivity index (χ1v) is 7.87. The number of nitrogens with zero attached hydrogens (tertiary/aromatic N) is 2. The Labute approximate surface area is 136 Å². The Bertz CT molecular complexity index is 766. The topological polar surface area (TPSA) is 86.8 Å². The largest absolute Gasteiger partial charge is 0.467 e. The number of thiazole rings is 1. The highest BCUT2D eigenvalue weighted by Gasteiger charge is 2.30. The second kappa shape index (κ2) is 6.49. The van der Waals surface area contributed by atoms with Gasteiger partial charge in [-0.3, -0.25) is 4.79 Å². The van der Waals surface area contributed by atoms with Gasteiger partial charge in [0.2, 0.25) is 0 Å². The maximum atomic E-state index is 12.3. The van der Waals surface area contributed by atoms with Crippen LogP contribution in [0.25, 0.3) is 10.2 Å². The molecule has 0 aliphatic heterocycles. The van der Waals surface area contributed by atoms with Gasteiger partial charge in [-0.25, -0.2) is 4.98 Å². The van der Waals surface area contributed by atoms with Gasteiger partial charge in [0, 0.05) is 7.05 Å². The van der Waals surface area contributed by atoms with E-state index >= 15 is 0 Å². The van der Waals surface area contributed by atoms with Crippen molar-refractivity contribution in [2.75, 3.05) is 7.05 Å². The minimum atomic E-state index is -1.57. The van der Waals surface area contributed by atoms with E-state index in [0.29, 0.717) is 10.8 Å². The number of likely N-dealkylation sites (N-methyl/N-ethyl adjacent to an activating group) is 1. The van der Waals surface area contributed by atoms with Gasteiger partial charge in [0.25, 0.3) is 5.91 Å². The zero-order valence-corrected chi connectivity index (χ0v) is 13.2. The number of rotatable bonds is 5. The third-order valence-electron chi connectivity index (χ3n) is 3.46. The Hall–Kier alpha value is -2.22. The molecular formula is C16H16N2O4S. The van der Waals surface area contributed by atoms with E-state index in [1.165, 1.54) is 22.5 Å². The average molecular weight is 332 g/mol. The number of para-hydroxylation sites is 1. The summed E-state index contributed by atoms with van der Waals surface area (Å²) in [6, 6.07) is 10.9. The van der Waals surface area contributed by atoms with Gasteiger partial charge >= 0.3 is 0 Å². The van der Waals surface area contributed by atoms with Gasteiger partial charge in [0.05, 0.1) is 23.0 Å². The summed E-state index contributed by atoms with van der Waals surface area (Å²) in [6.07, 6.45) is -1.42. The van der Waals surface area contributed by atoms with E-state index in [1.807, 2.05) is 24.3 Å². The van der Waals surface area contributed by atoms with Crippen LogP contribution in [-0.4, -0.2) is 39.2 Å². The van der Waals surface area contributed by atoms with Crippen molar-refractivity contribution in [3.05, 3.63) is 53.4 Å². The number of furan rings is 1. The van der Waals surface area contributed by atoms with Gasteiger partial charge in [-0.1, -0.05) is 12.1 Å². The van der Waals surface area contributed by atoms with Crippen molar-refractivity contribution >= 4 is 27.5 Å². The summed E-state index contributed by atoms with van der Waals surface area (Å²) in [5.74, 6) is 0.00989. The van der Waals surface area contributed by atoms with Gasteiger partial charge in [-0.05, 0) is 24.3 Å². The molecule has 2 heterocycles. The van der Waals surface area contributed by atoms with E-state index in [2.05, 4.69) is 4.98 Å². The Balaban J connectivity index is 1.72. The first-order chi connectivity index (χ1) is 11.1. The average Bonchev–Trinajstić information content (AvgIpc) is 3.21.